The van der Waals surface area contributed by atoms with Crippen LogP contribution in [-0.4, -0.2) is 43.2 Å². The highest BCUT2D eigenvalue weighted by molar-refractivity contribution is 5.95. The van der Waals surface area contributed by atoms with Gasteiger partial charge in [0.2, 0.25) is 0 Å². The second-order valence-corrected chi connectivity index (χ2v) is 6.77. The number of hydrogen-bond acceptors (Lipinski definition) is 3. The first-order valence-corrected chi connectivity index (χ1v) is 8.45. The Balaban J connectivity index is 1.56. The van der Waals surface area contributed by atoms with Gasteiger partial charge in [0.05, 0.1) is 23.5 Å². The molecule has 1 amide bonds. The van der Waals surface area contributed by atoms with Crippen LogP contribution in [0.1, 0.15) is 59.5 Å². The molecule has 2 aliphatic rings. The maximum atomic E-state index is 13.0. The van der Waals surface area contributed by atoms with Crippen LogP contribution in [0, 0.1) is 6.92 Å². The average molecular weight is 313 g/mol. The van der Waals surface area contributed by atoms with Crippen LogP contribution in [0.15, 0.2) is 18.6 Å². The summed E-state index contributed by atoms with van der Waals surface area (Å²) in [5.74, 6) is 1.68. The third-order valence-corrected chi connectivity index (χ3v) is 5.12. The van der Waals surface area contributed by atoms with Crippen LogP contribution in [-0.2, 0) is 7.05 Å². The van der Waals surface area contributed by atoms with Gasteiger partial charge in [0, 0.05) is 38.4 Å². The third-order valence-electron chi connectivity index (χ3n) is 5.12. The van der Waals surface area contributed by atoms with Gasteiger partial charge in [-0.1, -0.05) is 0 Å². The van der Waals surface area contributed by atoms with Crippen molar-refractivity contribution in [1.82, 2.24) is 24.2 Å². The molecule has 1 aliphatic heterocycles. The van der Waals surface area contributed by atoms with E-state index < -0.39 is 0 Å². The van der Waals surface area contributed by atoms with Crippen molar-refractivity contribution >= 4 is 5.91 Å². The summed E-state index contributed by atoms with van der Waals surface area (Å²) in [5.41, 5.74) is 1.92. The molecule has 2 fully saturated rings. The van der Waals surface area contributed by atoms with E-state index in [4.69, 9.17) is 0 Å². The van der Waals surface area contributed by atoms with Gasteiger partial charge in [0.15, 0.2) is 0 Å². The molecule has 0 bridgehead atoms. The predicted octanol–water partition coefficient (Wildman–Crippen LogP) is 2.28. The Hall–Kier alpha value is -2.11. The molecule has 0 radical (unpaired) electrons. The second kappa shape index (κ2) is 5.51. The highest BCUT2D eigenvalue weighted by Gasteiger charge is 2.34. The molecule has 6 heteroatoms. The van der Waals surface area contributed by atoms with Gasteiger partial charge in [-0.15, -0.1) is 0 Å². The number of carbonyl (C=O) groups is 1. The third kappa shape index (κ3) is 2.56. The number of imidazole rings is 1. The highest BCUT2D eigenvalue weighted by atomic mass is 16.2. The van der Waals surface area contributed by atoms with Crippen LogP contribution in [0.2, 0.25) is 0 Å². The minimum atomic E-state index is 0.141. The van der Waals surface area contributed by atoms with Crippen molar-refractivity contribution in [2.24, 2.45) is 7.05 Å². The molecule has 1 aliphatic carbocycles. The van der Waals surface area contributed by atoms with Crippen LogP contribution < -0.4 is 0 Å². The molecule has 1 saturated heterocycles. The first kappa shape index (κ1) is 14.5. The summed E-state index contributed by atoms with van der Waals surface area (Å²) in [5, 5.41) is 4.33. The van der Waals surface area contributed by atoms with Gasteiger partial charge in [-0.3, -0.25) is 9.48 Å². The fraction of sp³-hybridized carbons (Fsp3) is 0.588. The quantitative estimate of drug-likeness (QED) is 0.873. The number of nitrogens with zero attached hydrogens (tertiary/aromatic N) is 5. The largest absolute Gasteiger partial charge is 0.336 e. The van der Waals surface area contributed by atoms with Crippen LogP contribution >= 0.6 is 0 Å². The molecule has 0 spiro atoms. The molecule has 122 valence electrons. The molecule has 1 saturated carbocycles. The lowest BCUT2D eigenvalue weighted by atomic mass is 10.0. The lowest BCUT2D eigenvalue weighted by Gasteiger charge is -2.34. The Morgan fingerprint density at radius 3 is 2.83 bits per heavy atom. The van der Waals surface area contributed by atoms with E-state index in [-0.39, 0.29) is 5.91 Å². The van der Waals surface area contributed by atoms with Gasteiger partial charge < -0.3 is 9.47 Å². The molecular formula is C17H23N5O. The van der Waals surface area contributed by atoms with Crippen molar-refractivity contribution in [2.75, 3.05) is 13.1 Å². The lowest BCUT2D eigenvalue weighted by Crippen LogP contribution is -2.41. The zero-order valence-corrected chi connectivity index (χ0v) is 13.8. The number of hydrogen-bond donors (Lipinski definition) is 0. The van der Waals surface area contributed by atoms with E-state index in [1.807, 2.05) is 35.9 Å². The van der Waals surface area contributed by atoms with E-state index in [1.165, 1.54) is 12.8 Å². The molecule has 1 atom stereocenters. The van der Waals surface area contributed by atoms with Gasteiger partial charge in [0.1, 0.15) is 5.82 Å². The Morgan fingerprint density at radius 1 is 1.30 bits per heavy atom. The maximum absolute atomic E-state index is 13.0. The summed E-state index contributed by atoms with van der Waals surface area (Å²) in [6.45, 7) is 3.62. The van der Waals surface area contributed by atoms with Crippen molar-refractivity contribution in [1.29, 1.82) is 0 Å². The Kier molecular flexibility index (Phi) is 3.47. The van der Waals surface area contributed by atoms with Crippen LogP contribution in [0.3, 0.4) is 0 Å². The standard InChI is InChI=1S/C17H23N5O/c1-12-18-7-9-22(12)14-4-3-8-21(11-14)17(23)15-10-19-20(2)16(15)13-5-6-13/h7,9-10,13-14H,3-6,8,11H2,1-2H3/t14-/m1/s1. The zero-order valence-electron chi connectivity index (χ0n) is 13.8. The summed E-state index contributed by atoms with van der Waals surface area (Å²) < 4.78 is 4.08. The number of piperidine rings is 1. The van der Waals surface area contributed by atoms with Crippen molar-refractivity contribution in [3.8, 4) is 0 Å². The molecular weight excluding hydrogens is 290 g/mol. The summed E-state index contributed by atoms with van der Waals surface area (Å²) in [6, 6.07) is 0.330. The second-order valence-electron chi connectivity index (χ2n) is 6.77. The van der Waals surface area contributed by atoms with Crippen LogP contribution in [0.5, 0.6) is 0 Å². The van der Waals surface area contributed by atoms with Crippen molar-refractivity contribution in [2.45, 2.75) is 44.6 Å². The van der Waals surface area contributed by atoms with E-state index in [1.54, 1.807) is 6.20 Å². The Bertz CT molecular complexity index is 727. The molecule has 0 N–H and O–H groups in total. The normalized spacial score (nSPS) is 21.7. The molecule has 23 heavy (non-hydrogen) atoms. The first-order valence-electron chi connectivity index (χ1n) is 8.45. The summed E-state index contributed by atoms with van der Waals surface area (Å²) in [4.78, 5) is 19.3. The first-order chi connectivity index (χ1) is 11.1. The number of rotatable bonds is 3. The molecule has 0 aromatic carbocycles. The zero-order chi connectivity index (χ0) is 16.0. The van der Waals surface area contributed by atoms with Gasteiger partial charge in [-0.2, -0.15) is 5.10 Å². The topological polar surface area (TPSA) is 56.0 Å². The molecule has 2 aromatic rings. The fourth-order valence-corrected chi connectivity index (χ4v) is 3.76. The highest BCUT2D eigenvalue weighted by Crippen LogP contribution is 2.41. The number of aromatic nitrogens is 4. The van der Waals surface area contributed by atoms with Crippen LogP contribution in [0.4, 0.5) is 0 Å². The van der Waals surface area contributed by atoms with E-state index in [9.17, 15) is 4.79 Å². The molecule has 3 heterocycles. The molecule has 4 rings (SSSR count). The molecule has 0 unspecified atom stereocenters. The van der Waals surface area contributed by atoms with Crippen molar-refractivity contribution < 1.29 is 4.79 Å². The van der Waals surface area contributed by atoms with E-state index in [0.717, 1.165) is 43.0 Å². The van der Waals surface area contributed by atoms with Crippen molar-refractivity contribution in [3.05, 3.63) is 35.7 Å². The smallest absolute Gasteiger partial charge is 0.257 e. The average Bonchev–Trinajstić information content (AvgIpc) is 3.19. The van der Waals surface area contributed by atoms with E-state index in [0.29, 0.717) is 12.0 Å². The van der Waals surface area contributed by atoms with E-state index in [2.05, 4.69) is 14.6 Å². The summed E-state index contributed by atoms with van der Waals surface area (Å²) in [6.07, 6.45) is 10.1. The van der Waals surface area contributed by atoms with Crippen molar-refractivity contribution in [3.63, 3.8) is 0 Å². The summed E-state index contributed by atoms with van der Waals surface area (Å²) in [7, 11) is 1.94. The van der Waals surface area contributed by atoms with Gasteiger partial charge in [-0.25, -0.2) is 4.98 Å². The Morgan fingerprint density at radius 2 is 2.13 bits per heavy atom. The summed E-state index contributed by atoms with van der Waals surface area (Å²) >= 11 is 0. The number of aryl methyl sites for hydroxylation is 2. The number of amides is 1. The van der Waals surface area contributed by atoms with Gasteiger partial charge >= 0.3 is 0 Å². The van der Waals surface area contributed by atoms with Crippen LogP contribution in [0.25, 0.3) is 0 Å². The monoisotopic (exact) mass is 313 g/mol. The van der Waals surface area contributed by atoms with Gasteiger partial charge in [0.25, 0.3) is 5.91 Å². The molecule has 6 nitrogen and oxygen atoms in total. The fourth-order valence-electron chi connectivity index (χ4n) is 3.76. The number of carbonyl (C=O) groups excluding carboxylic acids is 1. The predicted molar refractivity (Wildman–Crippen MR) is 86.3 cm³/mol. The maximum Gasteiger partial charge on any atom is 0.257 e. The lowest BCUT2D eigenvalue weighted by molar-refractivity contribution is 0.0677. The molecule has 2 aromatic heterocycles. The van der Waals surface area contributed by atoms with E-state index >= 15 is 0 Å². The minimum Gasteiger partial charge on any atom is -0.336 e. The SMILES string of the molecule is Cc1nccn1[C@@H]1CCCN(C(=O)c2cnn(C)c2C2CC2)C1. The minimum absolute atomic E-state index is 0.141. The Labute approximate surface area is 136 Å². The van der Waals surface area contributed by atoms with Gasteiger partial charge in [-0.05, 0) is 32.6 Å². The number of likely N-dealkylation sites (tertiary alicyclic amines) is 1.